The molecular weight excluding hydrogens is 244 g/mol. The van der Waals surface area contributed by atoms with Crippen molar-refractivity contribution in [3.05, 3.63) is 59.7 Å². The number of aromatic nitrogens is 2. The van der Waals surface area contributed by atoms with Crippen LogP contribution in [0.3, 0.4) is 0 Å². The Morgan fingerprint density at radius 2 is 2.11 bits per heavy atom. The highest BCUT2D eigenvalue weighted by Crippen LogP contribution is 2.05. The lowest BCUT2D eigenvalue weighted by Crippen LogP contribution is -2.03. The van der Waals surface area contributed by atoms with Crippen LogP contribution in [0.15, 0.2) is 42.9 Å². The second kappa shape index (κ2) is 6.61. The maximum absolute atomic E-state index is 11.2. The summed E-state index contributed by atoms with van der Waals surface area (Å²) in [5.74, 6) is -0.393. The lowest BCUT2D eigenvalue weighted by atomic mass is 10.2. The van der Waals surface area contributed by atoms with Gasteiger partial charge in [-0.1, -0.05) is 6.07 Å². The van der Waals surface area contributed by atoms with Gasteiger partial charge in [-0.05, 0) is 23.8 Å². The molecule has 0 bridgehead atoms. The van der Waals surface area contributed by atoms with E-state index in [9.17, 15) is 4.79 Å². The molecule has 2 rings (SSSR count). The number of rotatable bonds is 5. The summed E-state index contributed by atoms with van der Waals surface area (Å²) in [6, 6.07) is 7.22. The number of ether oxygens (including phenoxy) is 2. The van der Waals surface area contributed by atoms with Crippen LogP contribution in [0.25, 0.3) is 0 Å². The fraction of sp³-hybridized carbons (Fsp3) is 0.214. The van der Waals surface area contributed by atoms with Gasteiger partial charge in [-0.15, -0.1) is 0 Å². The zero-order valence-corrected chi connectivity index (χ0v) is 10.6. The molecule has 0 spiro atoms. The third-order valence-corrected chi connectivity index (χ3v) is 2.49. The van der Waals surface area contributed by atoms with E-state index in [2.05, 4.69) is 14.7 Å². The molecule has 0 N–H and O–H groups in total. The van der Waals surface area contributed by atoms with Crippen molar-refractivity contribution in [2.45, 2.75) is 13.2 Å². The van der Waals surface area contributed by atoms with Crippen LogP contribution < -0.4 is 0 Å². The summed E-state index contributed by atoms with van der Waals surface area (Å²) in [6.45, 7) is 0.866. The molecule has 2 aromatic rings. The van der Waals surface area contributed by atoms with Crippen LogP contribution in [0.4, 0.5) is 0 Å². The van der Waals surface area contributed by atoms with Crippen LogP contribution in [0.5, 0.6) is 0 Å². The highest BCUT2D eigenvalue weighted by atomic mass is 16.5. The molecule has 0 saturated heterocycles. The summed E-state index contributed by atoms with van der Waals surface area (Å²) in [6.07, 6.45) is 4.96. The molecule has 0 aromatic carbocycles. The number of nitrogens with zero attached hydrogens (tertiary/aromatic N) is 2. The van der Waals surface area contributed by atoms with Crippen molar-refractivity contribution in [2.75, 3.05) is 7.11 Å². The van der Waals surface area contributed by atoms with Gasteiger partial charge in [-0.2, -0.15) is 0 Å². The average molecular weight is 258 g/mol. The van der Waals surface area contributed by atoms with E-state index >= 15 is 0 Å². The van der Waals surface area contributed by atoms with Crippen molar-refractivity contribution in [2.24, 2.45) is 0 Å². The molecule has 0 radical (unpaired) electrons. The van der Waals surface area contributed by atoms with Crippen molar-refractivity contribution in [3.8, 4) is 0 Å². The van der Waals surface area contributed by atoms with Gasteiger partial charge < -0.3 is 9.47 Å². The number of esters is 1. The van der Waals surface area contributed by atoms with Crippen LogP contribution in [0.1, 0.15) is 21.6 Å². The van der Waals surface area contributed by atoms with E-state index in [4.69, 9.17) is 4.74 Å². The van der Waals surface area contributed by atoms with Crippen molar-refractivity contribution < 1.29 is 14.3 Å². The Morgan fingerprint density at radius 1 is 1.21 bits per heavy atom. The lowest BCUT2D eigenvalue weighted by molar-refractivity contribution is 0.0600. The first-order valence-electron chi connectivity index (χ1n) is 5.79. The summed E-state index contributed by atoms with van der Waals surface area (Å²) < 4.78 is 10.1. The highest BCUT2D eigenvalue weighted by Gasteiger charge is 2.05. The quantitative estimate of drug-likeness (QED) is 0.767. The van der Waals surface area contributed by atoms with Crippen LogP contribution in [-0.2, 0) is 22.7 Å². The molecule has 0 saturated carbocycles. The Hall–Kier alpha value is -2.27. The Bertz CT molecular complexity index is 526. The fourth-order valence-electron chi connectivity index (χ4n) is 1.51. The maximum atomic E-state index is 11.2. The number of carbonyl (C=O) groups excluding carboxylic acids is 1. The Morgan fingerprint density at radius 3 is 2.74 bits per heavy atom. The van der Waals surface area contributed by atoms with Crippen molar-refractivity contribution in [3.63, 3.8) is 0 Å². The number of hydrogen-bond acceptors (Lipinski definition) is 5. The summed E-state index contributed by atoms with van der Waals surface area (Å²) >= 11 is 0. The number of carbonyl (C=O) groups is 1. The zero-order valence-electron chi connectivity index (χ0n) is 10.6. The van der Waals surface area contributed by atoms with E-state index < -0.39 is 5.97 Å². The monoisotopic (exact) mass is 258 g/mol. The zero-order chi connectivity index (χ0) is 13.5. The molecule has 0 fully saturated rings. The molecule has 0 aliphatic rings. The van der Waals surface area contributed by atoms with Crippen molar-refractivity contribution in [1.29, 1.82) is 0 Å². The van der Waals surface area contributed by atoms with Gasteiger partial charge in [0, 0.05) is 18.6 Å². The fourth-order valence-corrected chi connectivity index (χ4v) is 1.51. The van der Waals surface area contributed by atoms with Crippen LogP contribution >= 0.6 is 0 Å². The van der Waals surface area contributed by atoms with Crippen molar-refractivity contribution in [1.82, 2.24) is 9.97 Å². The second-order valence-corrected chi connectivity index (χ2v) is 3.88. The minimum absolute atomic E-state index is 0.385. The highest BCUT2D eigenvalue weighted by molar-refractivity contribution is 5.88. The third-order valence-electron chi connectivity index (χ3n) is 2.49. The topological polar surface area (TPSA) is 61.3 Å². The van der Waals surface area contributed by atoms with Crippen LogP contribution in [0, 0.1) is 0 Å². The summed E-state index contributed by atoms with van der Waals surface area (Å²) in [4.78, 5) is 19.4. The Kier molecular flexibility index (Phi) is 4.58. The molecule has 19 heavy (non-hydrogen) atoms. The minimum Gasteiger partial charge on any atom is -0.465 e. The average Bonchev–Trinajstić information content (AvgIpc) is 2.48. The van der Waals surface area contributed by atoms with Gasteiger partial charge in [0.2, 0.25) is 0 Å². The summed E-state index contributed by atoms with van der Waals surface area (Å²) in [5.41, 5.74) is 2.20. The van der Waals surface area contributed by atoms with Crippen molar-refractivity contribution >= 4 is 5.97 Å². The summed E-state index contributed by atoms with van der Waals surface area (Å²) in [5, 5.41) is 0. The van der Waals surface area contributed by atoms with Gasteiger partial charge in [0.25, 0.3) is 0 Å². The first-order chi connectivity index (χ1) is 9.29. The molecule has 0 atom stereocenters. The first kappa shape index (κ1) is 13.2. The smallest absolute Gasteiger partial charge is 0.339 e. The molecule has 0 aliphatic heterocycles. The normalized spacial score (nSPS) is 10.2. The lowest BCUT2D eigenvalue weighted by Gasteiger charge is -2.04. The molecule has 2 heterocycles. The molecule has 2 aromatic heterocycles. The predicted molar refractivity (Wildman–Crippen MR) is 68.3 cm³/mol. The van der Waals surface area contributed by atoms with E-state index in [1.165, 1.54) is 13.3 Å². The van der Waals surface area contributed by atoms with Gasteiger partial charge in [0.15, 0.2) is 0 Å². The summed E-state index contributed by atoms with van der Waals surface area (Å²) in [7, 11) is 1.34. The Balaban J connectivity index is 1.85. The standard InChI is InChI=1S/C14H14N2O3/c1-18-14(17)12-4-5-13(16-8-12)10-19-9-11-3-2-6-15-7-11/h2-8H,9-10H2,1H3. The van der Waals surface area contributed by atoms with E-state index in [1.54, 1.807) is 24.5 Å². The molecule has 0 amide bonds. The Labute approximate surface area is 111 Å². The van der Waals surface area contributed by atoms with E-state index in [0.29, 0.717) is 18.8 Å². The number of hydrogen-bond donors (Lipinski definition) is 0. The largest absolute Gasteiger partial charge is 0.465 e. The molecule has 5 nitrogen and oxygen atoms in total. The SMILES string of the molecule is COC(=O)c1ccc(COCc2cccnc2)nc1. The molecular formula is C14H14N2O3. The van der Waals surface area contributed by atoms with E-state index in [-0.39, 0.29) is 0 Å². The second-order valence-electron chi connectivity index (χ2n) is 3.88. The van der Waals surface area contributed by atoms with E-state index in [1.807, 2.05) is 12.1 Å². The van der Waals surface area contributed by atoms with Gasteiger partial charge in [0.1, 0.15) is 0 Å². The third kappa shape index (κ3) is 3.86. The van der Waals surface area contributed by atoms with Gasteiger partial charge in [-0.25, -0.2) is 4.79 Å². The van der Waals surface area contributed by atoms with E-state index in [0.717, 1.165) is 11.3 Å². The van der Waals surface area contributed by atoms with Crippen LogP contribution in [0.2, 0.25) is 0 Å². The minimum atomic E-state index is -0.393. The molecule has 0 unspecified atom stereocenters. The number of pyridine rings is 2. The predicted octanol–water partition coefficient (Wildman–Crippen LogP) is 1.98. The molecule has 0 aliphatic carbocycles. The maximum Gasteiger partial charge on any atom is 0.339 e. The van der Waals surface area contributed by atoms with Crippen LogP contribution in [-0.4, -0.2) is 23.0 Å². The van der Waals surface area contributed by atoms with Gasteiger partial charge in [0.05, 0.1) is 31.6 Å². The first-order valence-corrected chi connectivity index (χ1v) is 5.79. The molecule has 98 valence electrons. The van der Waals surface area contributed by atoms with Gasteiger partial charge in [-0.3, -0.25) is 9.97 Å². The molecule has 5 heteroatoms. The van der Waals surface area contributed by atoms with Gasteiger partial charge >= 0.3 is 5.97 Å². The number of methoxy groups -OCH3 is 1.